The van der Waals surface area contributed by atoms with E-state index in [1.54, 1.807) is 18.5 Å². The number of rotatable bonds is 7. The second kappa shape index (κ2) is 7.53. The lowest BCUT2D eigenvalue weighted by molar-refractivity contribution is -0.135. The number of phenols is 1. The molecule has 0 unspecified atom stereocenters. The zero-order chi connectivity index (χ0) is 16.1. The Labute approximate surface area is 131 Å². The van der Waals surface area contributed by atoms with Crippen molar-refractivity contribution in [2.45, 2.75) is 6.42 Å². The summed E-state index contributed by atoms with van der Waals surface area (Å²) >= 11 is 1.29. The van der Waals surface area contributed by atoms with E-state index in [2.05, 4.69) is 0 Å². The van der Waals surface area contributed by atoms with Crippen molar-refractivity contribution in [2.75, 3.05) is 33.4 Å². The number of carbonyl (C=O) groups excluding carboxylic acids is 1. The molecule has 1 amide bonds. The van der Waals surface area contributed by atoms with E-state index in [0.29, 0.717) is 10.3 Å². The summed E-state index contributed by atoms with van der Waals surface area (Å²) < 4.78 is 19.8. The summed E-state index contributed by atoms with van der Waals surface area (Å²) in [5.41, 5.74) is 0.361. The quantitative estimate of drug-likeness (QED) is 0.760. The van der Waals surface area contributed by atoms with Crippen molar-refractivity contribution in [3.8, 4) is 5.75 Å². The van der Waals surface area contributed by atoms with Gasteiger partial charge in [-0.2, -0.15) is 0 Å². The fourth-order valence-electron chi connectivity index (χ4n) is 2.04. The van der Waals surface area contributed by atoms with Crippen molar-refractivity contribution < 1.29 is 24.1 Å². The topological polar surface area (TPSA) is 70.0 Å². The summed E-state index contributed by atoms with van der Waals surface area (Å²) in [5.74, 6) is -1.21. The van der Waals surface area contributed by atoms with Crippen molar-refractivity contribution in [2.24, 2.45) is 0 Å². The number of aromatic hydroxyl groups is 1. The zero-order valence-electron chi connectivity index (χ0n) is 12.2. The van der Waals surface area contributed by atoms with Crippen LogP contribution < -0.4 is 0 Å². The predicted octanol–water partition coefficient (Wildman–Crippen LogP) is 1.76. The smallest absolute Gasteiger partial charge is 0.248 e. The first-order chi connectivity index (χ1) is 10.5. The Morgan fingerprint density at radius 3 is 3.00 bits per heavy atom. The molecule has 1 aromatic carbocycles. The van der Waals surface area contributed by atoms with Crippen molar-refractivity contribution in [1.82, 2.24) is 4.90 Å². The molecule has 0 bridgehead atoms. The molecule has 0 atom stereocenters. The van der Waals surface area contributed by atoms with Crippen LogP contribution in [0.1, 0.15) is 5.56 Å². The second-order valence-corrected chi connectivity index (χ2v) is 5.79. The first kappa shape index (κ1) is 16.7. The van der Waals surface area contributed by atoms with Gasteiger partial charge in [0.25, 0.3) is 0 Å². The highest BCUT2D eigenvalue weighted by molar-refractivity contribution is 7.17. The number of ether oxygens (including phenoxy) is 1. The summed E-state index contributed by atoms with van der Waals surface area (Å²) in [6, 6.07) is 3.50. The van der Waals surface area contributed by atoms with Gasteiger partial charge in [0.05, 0.1) is 17.9 Å². The SMILES string of the molecule is CN(CCO)C(=O)COCCc1cc2ccsc2c(O)c1F. The van der Waals surface area contributed by atoms with Gasteiger partial charge < -0.3 is 19.8 Å². The first-order valence-corrected chi connectivity index (χ1v) is 7.72. The monoisotopic (exact) mass is 327 g/mol. The number of likely N-dealkylation sites (N-methyl/N-ethyl adjacent to an activating group) is 1. The minimum atomic E-state index is -0.637. The van der Waals surface area contributed by atoms with Gasteiger partial charge in [-0.1, -0.05) is 0 Å². The van der Waals surface area contributed by atoms with Crippen molar-refractivity contribution in [3.63, 3.8) is 0 Å². The molecule has 0 saturated heterocycles. The number of fused-ring (bicyclic) bond motifs is 1. The minimum Gasteiger partial charge on any atom is -0.504 e. The van der Waals surface area contributed by atoms with Crippen LogP contribution in [0.3, 0.4) is 0 Å². The maximum Gasteiger partial charge on any atom is 0.248 e. The number of phenolic OH excluding ortho intramolecular Hbond substituents is 1. The number of aliphatic hydroxyl groups is 1. The summed E-state index contributed by atoms with van der Waals surface area (Å²) in [7, 11) is 1.57. The molecule has 2 rings (SSSR count). The van der Waals surface area contributed by atoms with Crippen molar-refractivity contribution in [3.05, 3.63) is 28.9 Å². The highest BCUT2D eigenvalue weighted by Crippen LogP contribution is 2.34. The lowest BCUT2D eigenvalue weighted by Crippen LogP contribution is -2.32. The zero-order valence-corrected chi connectivity index (χ0v) is 13.0. The van der Waals surface area contributed by atoms with Gasteiger partial charge in [-0.15, -0.1) is 11.3 Å². The molecule has 1 aromatic heterocycles. The van der Waals surface area contributed by atoms with Gasteiger partial charge in [-0.25, -0.2) is 4.39 Å². The van der Waals surface area contributed by atoms with Crippen LogP contribution in [0, 0.1) is 5.82 Å². The predicted molar refractivity (Wildman–Crippen MR) is 82.7 cm³/mol. The summed E-state index contributed by atoms with van der Waals surface area (Å²) in [5, 5.41) is 21.1. The Balaban J connectivity index is 1.90. The van der Waals surface area contributed by atoms with E-state index >= 15 is 0 Å². The number of amides is 1. The molecule has 0 spiro atoms. The average Bonchev–Trinajstić information content (AvgIpc) is 2.96. The van der Waals surface area contributed by atoms with Crippen LogP contribution in [-0.4, -0.2) is 54.4 Å². The Kier molecular flexibility index (Phi) is 5.70. The van der Waals surface area contributed by atoms with Crippen LogP contribution in [0.15, 0.2) is 17.5 Å². The number of halogens is 1. The summed E-state index contributed by atoms with van der Waals surface area (Å²) in [6.07, 6.45) is 0.266. The molecule has 0 radical (unpaired) electrons. The molecule has 0 aliphatic carbocycles. The molecule has 2 aromatic rings. The third kappa shape index (κ3) is 3.73. The first-order valence-electron chi connectivity index (χ1n) is 6.84. The number of nitrogens with zero attached hydrogens (tertiary/aromatic N) is 1. The van der Waals surface area contributed by atoms with Gasteiger partial charge in [0.2, 0.25) is 5.91 Å². The average molecular weight is 327 g/mol. The van der Waals surface area contributed by atoms with Gasteiger partial charge >= 0.3 is 0 Å². The standard InChI is InChI=1S/C15H18FNO4S/c1-17(4-5-18)12(19)9-21-6-2-10-8-11-3-7-22-15(11)14(20)13(10)16/h3,7-8,18,20H,2,4-6,9H2,1H3. The van der Waals surface area contributed by atoms with E-state index in [1.165, 1.54) is 16.2 Å². The van der Waals surface area contributed by atoms with Crippen LogP contribution in [0.5, 0.6) is 5.75 Å². The Bertz CT molecular complexity index is 658. The lowest BCUT2D eigenvalue weighted by Gasteiger charge is -2.15. The van der Waals surface area contributed by atoms with E-state index in [0.717, 1.165) is 5.39 Å². The molecule has 7 heteroatoms. The number of carbonyl (C=O) groups is 1. The molecule has 1 heterocycles. The maximum atomic E-state index is 14.0. The molecule has 0 fully saturated rings. The normalized spacial score (nSPS) is 11.0. The number of aliphatic hydroxyl groups excluding tert-OH is 1. The molecule has 0 saturated carbocycles. The molecular weight excluding hydrogens is 309 g/mol. The lowest BCUT2D eigenvalue weighted by atomic mass is 10.1. The molecular formula is C15H18FNO4S. The number of thiophene rings is 1. The molecule has 120 valence electrons. The van der Waals surface area contributed by atoms with E-state index in [1.807, 2.05) is 6.07 Å². The van der Waals surface area contributed by atoms with Crippen LogP contribution in [-0.2, 0) is 16.0 Å². The maximum absolute atomic E-state index is 14.0. The van der Waals surface area contributed by atoms with E-state index in [4.69, 9.17) is 9.84 Å². The van der Waals surface area contributed by atoms with Gasteiger partial charge in [0.15, 0.2) is 11.6 Å². The Hall–Kier alpha value is -1.70. The third-order valence-electron chi connectivity index (χ3n) is 3.33. The van der Waals surface area contributed by atoms with Gasteiger partial charge in [0, 0.05) is 13.6 Å². The van der Waals surface area contributed by atoms with Gasteiger partial charge in [-0.05, 0) is 34.9 Å². The minimum absolute atomic E-state index is 0.104. The number of benzene rings is 1. The van der Waals surface area contributed by atoms with Crippen LogP contribution >= 0.6 is 11.3 Å². The molecule has 2 N–H and O–H groups in total. The third-order valence-corrected chi connectivity index (χ3v) is 4.27. The van der Waals surface area contributed by atoms with Crippen molar-refractivity contribution >= 4 is 27.3 Å². The Morgan fingerprint density at radius 1 is 1.50 bits per heavy atom. The van der Waals surface area contributed by atoms with Crippen LogP contribution in [0.4, 0.5) is 4.39 Å². The van der Waals surface area contributed by atoms with E-state index < -0.39 is 5.82 Å². The van der Waals surface area contributed by atoms with Crippen molar-refractivity contribution in [1.29, 1.82) is 0 Å². The van der Waals surface area contributed by atoms with Gasteiger partial charge in [-0.3, -0.25) is 4.79 Å². The fourth-order valence-corrected chi connectivity index (χ4v) is 2.85. The Morgan fingerprint density at radius 2 is 2.27 bits per heavy atom. The van der Waals surface area contributed by atoms with E-state index in [-0.39, 0.29) is 44.4 Å². The highest BCUT2D eigenvalue weighted by atomic mass is 32.1. The number of hydrogen-bond donors (Lipinski definition) is 2. The molecule has 22 heavy (non-hydrogen) atoms. The molecule has 0 aliphatic rings. The second-order valence-electron chi connectivity index (χ2n) is 4.88. The fraction of sp³-hybridized carbons (Fsp3) is 0.400. The van der Waals surface area contributed by atoms with Crippen LogP contribution in [0.2, 0.25) is 0 Å². The molecule has 5 nitrogen and oxygen atoms in total. The highest BCUT2D eigenvalue weighted by Gasteiger charge is 2.14. The number of hydrogen-bond acceptors (Lipinski definition) is 5. The van der Waals surface area contributed by atoms with Crippen LogP contribution in [0.25, 0.3) is 10.1 Å². The van der Waals surface area contributed by atoms with E-state index in [9.17, 15) is 14.3 Å². The van der Waals surface area contributed by atoms with Gasteiger partial charge in [0.1, 0.15) is 6.61 Å². The molecule has 0 aliphatic heterocycles. The summed E-state index contributed by atoms with van der Waals surface area (Å²) in [4.78, 5) is 12.9. The summed E-state index contributed by atoms with van der Waals surface area (Å²) in [6.45, 7) is 0.197. The largest absolute Gasteiger partial charge is 0.504 e.